The van der Waals surface area contributed by atoms with E-state index in [9.17, 15) is 9.59 Å². The molecule has 2 saturated heterocycles. The van der Waals surface area contributed by atoms with Crippen LogP contribution in [0.5, 0.6) is 11.5 Å². The van der Waals surface area contributed by atoms with E-state index in [-0.39, 0.29) is 29.8 Å². The van der Waals surface area contributed by atoms with Crippen LogP contribution >= 0.6 is 0 Å². The lowest BCUT2D eigenvalue weighted by Gasteiger charge is -2.41. The molecule has 1 aromatic rings. The summed E-state index contributed by atoms with van der Waals surface area (Å²) in [5, 5.41) is 3.19. The van der Waals surface area contributed by atoms with Gasteiger partial charge in [0.05, 0.1) is 26.2 Å². The largest absolute Gasteiger partial charge is 0.497 e. The van der Waals surface area contributed by atoms with Gasteiger partial charge in [0.25, 0.3) is 0 Å². The number of hydrogen-bond donors (Lipinski definition) is 1. The molecule has 0 radical (unpaired) electrons. The Morgan fingerprint density at radius 2 is 1.96 bits per heavy atom. The topological polar surface area (TPSA) is 77.1 Å². The summed E-state index contributed by atoms with van der Waals surface area (Å²) in [6.07, 6.45) is 2.57. The van der Waals surface area contributed by atoms with Gasteiger partial charge in [-0.15, -0.1) is 0 Å². The van der Waals surface area contributed by atoms with Gasteiger partial charge in [0.1, 0.15) is 11.5 Å². The molecular formula is C21H30N2O5. The van der Waals surface area contributed by atoms with Gasteiger partial charge in [0.15, 0.2) is 0 Å². The van der Waals surface area contributed by atoms with Gasteiger partial charge in [-0.25, -0.2) is 0 Å². The van der Waals surface area contributed by atoms with Gasteiger partial charge in [-0.2, -0.15) is 0 Å². The normalized spacial score (nSPS) is 23.4. The Labute approximate surface area is 166 Å². The Morgan fingerprint density at radius 3 is 2.61 bits per heavy atom. The van der Waals surface area contributed by atoms with Crippen LogP contribution in [0.15, 0.2) is 18.2 Å². The number of benzene rings is 1. The number of ether oxygens (including phenoxy) is 3. The number of rotatable bonds is 6. The van der Waals surface area contributed by atoms with Crippen molar-refractivity contribution in [1.29, 1.82) is 0 Å². The number of methoxy groups -OCH3 is 2. The third-order valence-corrected chi connectivity index (χ3v) is 5.71. The van der Waals surface area contributed by atoms with E-state index in [0.29, 0.717) is 44.1 Å². The average Bonchev–Trinajstić information content (AvgIpc) is 2.73. The number of carbonyl (C=O) groups excluding carboxylic acids is 2. The molecule has 3 rings (SSSR count). The fraction of sp³-hybridized carbons (Fsp3) is 0.619. The van der Waals surface area contributed by atoms with Gasteiger partial charge in [0, 0.05) is 43.9 Å². The molecule has 2 aliphatic rings. The summed E-state index contributed by atoms with van der Waals surface area (Å²) in [6.45, 7) is 3.83. The molecule has 1 aromatic carbocycles. The van der Waals surface area contributed by atoms with E-state index in [0.717, 1.165) is 18.4 Å². The molecule has 2 heterocycles. The van der Waals surface area contributed by atoms with Crippen molar-refractivity contribution in [3.63, 3.8) is 0 Å². The van der Waals surface area contributed by atoms with Crippen LogP contribution in [0, 0.1) is 5.92 Å². The fourth-order valence-corrected chi connectivity index (χ4v) is 4.20. The Bertz CT molecular complexity index is 702. The summed E-state index contributed by atoms with van der Waals surface area (Å²) < 4.78 is 16.3. The molecule has 28 heavy (non-hydrogen) atoms. The first-order valence-electron chi connectivity index (χ1n) is 9.98. The highest BCUT2D eigenvalue weighted by molar-refractivity contribution is 5.85. The van der Waals surface area contributed by atoms with Crippen LogP contribution in [0.25, 0.3) is 0 Å². The van der Waals surface area contributed by atoms with Crippen molar-refractivity contribution in [2.24, 2.45) is 5.92 Å². The van der Waals surface area contributed by atoms with Crippen LogP contribution in [0.3, 0.4) is 0 Å². The Morgan fingerprint density at radius 1 is 1.21 bits per heavy atom. The molecular weight excluding hydrogens is 360 g/mol. The zero-order valence-electron chi connectivity index (χ0n) is 16.9. The summed E-state index contributed by atoms with van der Waals surface area (Å²) in [7, 11) is 3.19. The molecule has 0 bridgehead atoms. The van der Waals surface area contributed by atoms with Gasteiger partial charge in [0.2, 0.25) is 11.8 Å². The summed E-state index contributed by atoms with van der Waals surface area (Å²) in [6, 6.07) is 5.32. The van der Waals surface area contributed by atoms with E-state index in [1.54, 1.807) is 25.2 Å². The van der Waals surface area contributed by atoms with Crippen molar-refractivity contribution in [3.8, 4) is 11.5 Å². The van der Waals surface area contributed by atoms with Crippen LogP contribution in [0.2, 0.25) is 0 Å². The first-order valence-corrected chi connectivity index (χ1v) is 9.98. The lowest BCUT2D eigenvalue weighted by atomic mass is 9.82. The zero-order chi connectivity index (χ0) is 20.1. The maximum absolute atomic E-state index is 13.2. The molecule has 2 aliphatic heterocycles. The molecule has 7 heteroatoms. The lowest BCUT2D eigenvalue weighted by molar-refractivity contribution is -0.143. The van der Waals surface area contributed by atoms with Gasteiger partial charge < -0.3 is 24.4 Å². The number of amides is 2. The van der Waals surface area contributed by atoms with Gasteiger partial charge in [-0.3, -0.25) is 9.59 Å². The molecule has 2 amide bonds. The van der Waals surface area contributed by atoms with Crippen LogP contribution in [-0.4, -0.2) is 56.7 Å². The molecule has 2 atom stereocenters. The molecule has 0 saturated carbocycles. The Kier molecular flexibility index (Phi) is 6.78. The number of piperidine rings is 1. The maximum atomic E-state index is 13.2. The second-order valence-electron chi connectivity index (χ2n) is 7.27. The number of carbonyl (C=O) groups is 2. The maximum Gasteiger partial charge on any atom is 0.225 e. The minimum Gasteiger partial charge on any atom is -0.497 e. The minimum absolute atomic E-state index is 0.000668. The van der Waals surface area contributed by atoms with Gasteiger partial charge in [-0.1, -0.05) is 0 Å². The highest BCUT2D eigenvalue weighted by atomic mass is 16.5. The van der Waals surface area contributed by atoms with Gasteiger partial charge >= 0.3 is 0 Å². The lowest BCUT2D eigenvalue weighted by Crippen LogP contribution is -2.50. The number of nitrogens with zero attached hydrogens (tertiary/aromatic N) is 1. The van der Waals surface area contributed by atoms with E-state index in [1.807, 2.05) is 19.1 Å². The van der Waals surface area contributed by atoms with Crippen molar-refractivity contribution in [1.82, 2.24) is 10.2 Å². The summed E-state index contributed by atoms with van der Waals surface area (Å²) >= 11 is 0. The van der Waals surface area contributed by atoms with Crippen molar-refractivity contribution in [2.45, 2.75) is 44.7 Å². The van der Waals surface area contributed by atoms with E-state index >= 15 is 0 Å². The van der Waals surface area contributed by atoms with Crippen molar-refractivity contribution in [3.05, 3.63) is 23.8 Å². The summed E-state index contributed by atoms with van der Waals surface area (Å²) in [5.74, 6) is 1.05. The summed E-state index contributed by atoms with van der Waals surface area (Å²) in [5.41, 5.74) is 0.838. The third kappa shape index (κ3) is 4.24. The predicted octanol–water partition coefficient (Wildman–Crippen LogP) is 2.30. The van der Waals surface area contributed by atoms with Crippen LogP contribution in [0.4, 0.5) is 0 Å². The summed E-state index contributed by atoms with van der Waals surface area (Å²) in [4.78, 5) is 27.6. The average molecular weight is 390 g/mol. The zero-order valence-corrected chi connectivity index (χ0v) is 16.9. The standard InChI is InChI=1S/C21H30N2O5/c1-4-23-19(24)8-7-17(21(25)22-14-9-11-28-12-10-14)20(23)16-6-5-15(26-2)13-18(16)27-3/h5-6,13-14,17,20H,4,7-12H2,1-3H3,(H,22,25)/t17-,20+/m1/s1. The fourth-order valence-electron chi connectivity index (χ4n) is 4.20. The molecule has 0 aliphatic carbocycles. The monoisotopic (exact) mass is 390 g/mol. The van der Waals surface area contributed by atoms with E-state index in [1.165, 1.54) is 0 Å². The number of nitrogens with one attached hydrogen (secondary N) is 1. The quantitative estimate of drug-likeness (QED) is 0.807. The Balaban J connectivity index is 1.91. The second kappa shape index (κ2) is 9.28. The molecule has 1 N–H and O–H groups in total. The molecule has 0 aromatic heterocycles. The SMILES string of the molecule is CCN1C(=O)CC[C@@H](C(=O)NC2CCOCC2)[C@@H]1c1ccc(OC)cc1OC. The highest BCUT2D eigenvalue weighted by Crippen LogP contribution is 2.41. The molecule has 2 fully saturated rings. The van der Waals surface area contributed by atoms with Crippen molar-refractivity contribution >= 4 is 11.8 Å². The molecule has 0 unspecified atom stereocenters. The van der Waals surface area contributed by atoms with Crippen molar-refractivity contribution < 1.29 is 23.8 Å². The Hall–Kier alpha value is -2.28. The first-order chi connectivity index (χ1) is 13.6. The first kappa shape index (κ1) is 20.5. The highest BCUT2D eigenvalue weighted by Gasteiger charge is 2.41. The van der Waals surface area contributed by atoms with Crippen LogP contribution in [-0.2, 0) is 14.3 Å². The predicted molar refractivity (Wildman–Crippen MR) is 104 cm³/mol. The van der Waals surface area contributed by atoms with E-state index < -0.39 is 0 Å². The molecule has 7 nitrogen and oxygen atoms in total. The van der Waals surface area contributed by atoms with Crippen LogP contribution < -0.4 is 14.8 Å². The minimum atomic E-state index is -0.355. The molecule has 0 spiro atoms. The number of hydrogen-bond acceptors (Lipinski definition) is 5. The second-order valence-corrected chi connectivity index (χ2v) is 7.27. The van der Waals surface area contributed by atoms with Crippen molar-refractivity contribution in [2.75, 3.05) is 34.0 Å². The smallest absolute Gasteiger partial charge is 0.225 e. The van der Waals surface area contributed by atoms with Gasteiger partial charge in [-0.05, 0) is 38.3 Å². The van der Waals surface area contributed by atoms with E-state index in [2.05, 4.69) is 5.32 Å². The third-order valence-electron chi connectivity index (χ3n) is 5.71. The molecule has 154 valence electrons. The number of likely N-dealkylation sites (tertiary alicyclic amines) is 1. The van der Waals surface area contributed by atoms with E-state index in [4.69, 9.17) is 14.2 Å². The van der Waals surface area contributed by atoms with Crippen LogP contribution in [0.1, 0.15) is 44.2 Å².